The van der Waals surface area contributed by atoms with E-state index in [9.17, 15) is 0 Å². The van der Waals surface area contributed by atoms with Crippen molar-refractivity contribution in [3.8, 4) is 56.4 Å². The standard InChI is InChI=1S/C45H27N3O2/c1-3-12-28(13-4-1)29-24-26-30(27-25-29)32-17-10-23-39-40(32)34-18-9-20-36(42(34)50-39)45-47-43(31-14-5-2-6-15-31)46-44(48-45)35-19-11-22-38-41(35)33-16-7-8-21-37(33)49-38/h1-27H. The van der Waals surface area contributed by atoms with Crippen LogP contribution < -0.4 is 0 Å². The van der Waals surface area contributed by atoms with Crippen molar-refractivity contribution in [1.29, 1.82) is 0 Å². The molecule has 10 aromatic rings. The molecule has 0 amide bonds. The molecular formula is C45H27N3O2. The molecule has 7 aromatic carbocycles. The van der Waals surface area contributed by atoms with Crippen molar-refractivity contribution >= 4 is 43.9 Å². The lowest BCUT2D eigenvalue weighted by atomic mass is 9.96. The van der Waals surface area contributed by atoms with E-state index in [-0.39, 0.29) is 0 Å². The molecule has 234 valence electrons. The Bertz CT molecular complexity index is 2850. The van der Waals surface area contributed by atoms with Crippen molar-refractivity contribution < 1.29 is 8.83 Å². The fourth-order valence-electron chi connectivity index (χ4n) is 7.03. The first-order valence-corrected chi connectivity index (χ1v) is 16.6. The molecule has 0 spiro atoms. The number of hydrogen-bond acceptors (Lipinski definition) is 5. The van der Waals surface area contributed by atoms with E-state index in [1.807, 2.05) is 78.9 Å². The molecule has 5 heteroatoms. The zero-order valence-electron chi connectivity index (χ0n) is 26.7. The van der Waals surface area contributed by atoms with E-state index in [4.69, 9.17) is 23.8 Å². The van der Waals surface area contributed by atoms with Crippen LogP contribution in [0.3, 0.4) is 0 Å². The van der Waals surface area contributed by atoms with Crippen LogP contribution in [-0.2, 0) is 0 Å². The monoisotopic (exact) mass is 641 g/mol. The summed E-state index contributed by atoms with van der Waals surface area (Å²) in [7, 11) is 0. The van der Waals surface area contributed by atoms with E-state index in [1.165, 1.54) is 11.1 Å². The van der Waals surface area contributed by atoms with Crippen LogP contribution in [0.2, 0.25) is 0 Å². The molecule has 0 aliphatic rings. The second kappa shape index (κ2) is 11.4. The van der Waals surface area contributed by atoms with Crippen LogP contribution in [-0.4, -0.2) is 15.0 Å². The summed E-state index contributed by atoms with van der Waals surface area (Å²) in [5, 5.41) is 4.06. The van der Waals surface area contributed by atoms with Crippen molar-refractivity contribution in [2.75, 3.05) is 0 Å². The van der Waals surface area contributed by atoms with Gasteiger partial charge in [0.2, 0.25) is 0 Å². The van der Waals surface area contributed by atoms with E-state index < -0.39 is 0 Å². The van der Waals surface area contributed by atoms with Gasteiger partial charge in [0.15, 0.2) is 17.5 Å². The smallest absolute Gasteiger partial charge is 0.167 e. The highest BCUT2D eigenvalue weighted by molar-refractivity contribution is 6.15. The molecule has 3 heterocycles. The number of fused-ring (bicyclic) bond motifs is 6. The van der Waals surface area contributed by atoms with Crippen LogP contribution in [0.5, 0.6) is 0 Å². The first-order valence-electron chi connectivity index (χ1n) is 16.6. The number of hydrogen-bond donors (Lipinski definition) is 0. The highest BCUT2D eigenvalue weighted by atomic mass is 16.3. The topological polar surface area (TPSA) is 65.0 Å². The van der Waals surface area contributed by atoms with E-state index in [1.54, 1.807) is 0 Å². The van der Waals surface area contributed by atoms with E-state index in [0.29, 0.717) is 17.5 Å². The summed E-state index contributed by atoms with van der Waals surface area (Å²) in [5.74, 6) is 1.69. The molecule has 50 heavy (non-hydrogen) atoms. The number of furan rings is 2. The van der Waals surface area contributed by atoms with Crippen molar-refractivity contribution in [2.45, 2.75) is 0 Å². The predicted molar refractivity (Wildman–Crippen MR) is 202 cm³/mol. The van der Waals surface area contributed by atoms with Crippen LogP contribution >= 0.6 is 0 Å². The van der Waals surface area contributed by atoms with Crippen molar-refractivity contribution in [3.05, 3.63) is 164 Å². The SMILES string of the molecule is c1ccc(-c2ccc(-c3cccc4oc5c(-c6nc(-c7ccccc7)nc(-c7cccc8oc9ccccc9c78)n6)cccc5c34)cc2)cc1. The molecular weight excluding hydrogens is 615 g/mol. The van der Waals surface area contributed by atoms with Crippen LogP contribution in [0.4, 0.5) is 0 Å². The summed E-state index contributed by atoms with van der Waals surface area (Å²) in [4.78, 5) is 15.3. The number of nitrogens with zero attached hydrogens (tertiary/aromatic N) is 3. The molecule has 3 aromatic heterocycles. The van der Waals surface area contributed by atoms with Gasteiger partial charge in [0.05, 0.1) is 5.56 Å². The molecule has 5 nitrogen and oxygen atoms in total. The number of para-hydroxylation sites is 2. The van der Waals surface area contributed by atoms with Gasteiger partial charge in [-0.1, -0.05) is 140 Å². The van der Waals surface area contributed by atoms with Crippen molar-refractivity contribution in [2.24, 2.45) is 0 Å². The zero-order valence-corrected chi connectivity index (χ0v) is 26.7. The molecule has 0 aliphatic carbocycles. The van der Waals surface area contributed by atoms with Crippen molar-refractivity contribution in [1.82, 2.24) is 15.0 Å². The summed E-state index contributed by atoms with van der Waals surface area (Å²) in [5.41, 5.74) is 10.3. The summed E-state index contributed by atoms with van der Waals surface area (Å²) in [6.07, 6.45) is 0. The van der Waals surface area contributed by atoms with Crippen LogP contribution in [0.1, 0.15) is 0 Å². The first-order chi connectivity index (χ1) is 24.8. The minimum Gasteiger partial charge on any atom is -0.456 e. The van der Waals surface area contributed by atoms with Crippen LogP contribution in [0, 0.1) is 0 Å². The van der Waals surface area contributed by atoms with Gasteiger partial charge in [-0.2, -0.15) is 0 Å². The fraction of sp³-hybridized carbons (Fsp3) is 0. The molecule has 0 saturated heterocycles. The Hall–Kier alpha value is -6.85. The van der Waals surface area contributed by atoms with E-state index >= 15 is 0 Å². The molecule has 0 N–H and O–H groups in total. The van der Waals surface area contributed by atoms with E-state index in [2.05, 4.69) is 84.9 Å². The highest BCUT2D eigenvalue weighted by Crippen LogP contribution is 2.41. The maximum absolute atomic E-state index is 6.68. The molecule has 0 fully saturated rings. The van der Waals surface area contributed by atoms with Crippen LogP contribution in [0.15, 0.2) is 173 Å². The minimum atomic E-state index is 0.539. The Morgan fingerprint density at radius 1 is 0.300 bits per heavy atom. The number of rotatable bonds is 5. The fourth-order valence-corrected chi connectivity index (χ4v) is 7.03. The maximum Gasteiger partial charge on any atom is 0.167 e. The average Bonchev–Trinajstić information content (AvgIpc) is 3.77. The lowest BCUT2D eigenvalue weighted by molar-refractivity contribution is 0.668. The largest absolute Gasteiger partial charge is 0.456 e. The normalized spacial score (nSPS) is 11.6. The second-order valence-electron chi connectivity index (χ2n) is 12.4. The van der Waals surface area contributed by atoms with Gasteiger partial charge in [0.1, 0.15) is 22.3 Å². The number of aromatic nitrogens is 3. The molecule has 0 aliphatic heterocycles. The Morgan fingerprint density at radius 2 is 0.800 bits per heavy atom. The molecule has 0 bridgehead atoms. The third-order valence-electron chi connectivity index (χ3n) is 9.38. The lowest BCUT2D eigenvalue weighted by Crippen LogP contribution is -2.00. The Balaban J connectivity index is 1.17. The first kappa shape index (κ1) is 28.2. The predicted octanol–water partition coefficient (Wildman–Crippen LogP) is 12.0. The third kappa shape index (κ3) is 4.60. The molecule has 10 rings (SSSR count). The van der Waals surface area contributed by atoms with Gasteiger partial charge >= 0.3 is 0 Å². The van der Waals surface area contributed by atoms with Gasteiger partial charge in [-0.15, -0.1) is 0 Å². The van der Waals surface area contributed by atoms with Gasteiger partial charge in [0.25, 0.3) is 0 Å². The highest BCUT2D eigenvalue weighted by Gasteiger charge is 2.21. The lowest BCUT2D eigenvalue weighted by Gasteiger charge is -2.09. The summed E-state index contributed by atoms with van der Waals surface area (Å²) in [6.45, 7) is 0. The Morgan fingerprint density at radius 3 is 1.58 bits per heavy atom. The third-order valence-corrected chi connectivity index (χ3v) is 9.38. The minimum absolute atomic E-state index is 0.539. The van der Waals surface area contributed by atoms with Crippen molar-refractivity contribution in [3.63, 3.8) is 0 Å². The summed E-state index contributed by atoms with van der Waals surface area (Å²) in [6, 6.07) is 55.7. The van der Waals surface area contributed by atoms with Gasteiger partial charge in [-0.25, -0.2) is 15.0 Å². The molecule has 0 saturated carbocycles. The van der Waals surface area contributed by atoms with Gasteiger partial charge in [-0.05, 0) is 46.5 Å². The van der Waals surface area contributed by atoms with Gasteiger partial charge in [0, 0.05) is 32.7 Å². The number of benzene rings is 7. The van der Waals surface area contributed by atoms with Gasteiger partial charge in [-0.3, -0.25) is 0 Å². The zero-order chi connectivity index (χ0) is 33.0. The second-order valence-corrected chi connectivity index (χ2v) is 12.4. The quantitative estimate of drug-likeness (QED) is 0.187. The average molecular weight is 642 g/mol. The molecule has 0 radical (unpaired) electrons. The Kier molecular flexibility index (Phi) is 6.42. The maximum atomic E-state index is 6.68. The summed E-state index contributed by atoms with van der Waals surface area (Å²) >= 11 is 0. The molecule has 0 unspecified atom stereocenters. The van der Waals surface area contributed by atoms with E-state index in [0.717, 1.165) is 71.7 Å². The molecule has 0 atom stereocenters. The summed E-state index contributed by atoms with van der Waals surface area (Å²) < 4.78 is 12.9. The van der Waals surface area contributed by atoms with Crippen LogP contribution in [0.25, 0.3) is 100 Å². The van der Waals surface area contributed by atoms with Gasteiger partial charge < -0.3 is 8.83 Å². The Labute approximate surface area is 287 Å².